The Bertz CT molecular complexity index is 513. The summed E-state index contributed by atoms with van der Waals surface area (Å²) in [6, 6.07) is 3.70. The lowest BCUT2D eigenvalue weighted by Crippen LogP contribution is -2.49. The fourth-order valence-corrected chi connectivity index (χ4v) is 2.20. The number of carbonyl (C=O) groups is 2. The van der Waals surface area contributed by atoms with Gasteiger partial charge in [-0.15, -0.1) is 0 Å². The number of morpholine rings is 1. The van der Waals surface area contributed by atoms with Crippen LogP contribution in [0.1, 0.15) is 11.5 Å². The van der Waals surface area contributed by atoms with E-state index in [2.05, 4.69) is 0 Å². The van der Waals surface area contributed by atoms with Crippen molar-refractivity contribution in [1.82, 2.24) is 9.80 Å². The predicted octanol–water partition coefficient (Wildman–Crippen LogP) is 0.332. The molecule has 7 nitrogen and oxygen atoms in total. The number of likely N-dealkylation sites (N-methyl/N-ethyl adjacent to an activating group) is 1. The number of carbonyl (C=O) groups excluding carboxylic acids is 1. The predicted molar refractivity (Wildman–Crippen MR) is 73.7 cm³/mol. The lowest BCUT2D eigenvalue weighted by atomic mass is 10.2. The zero-order valence-electron chi connectivity index (χ0n) is 12.2. The first-order chi connectivity index (χ1) is 9.95. The molecule has 0 bridgehead atoms. The Labute approximate surface area is 123 Å². The maximum atomic E-state index is 12.2. The van der Waals surface area contributed by atoms with Crippen LogP contribution in [0.3, 0.4) is 0 Å². The molecule has 1 saturated heterocycles. The normalized spacial score (nSPS) is 19.4. The number of carboxylic acid groups (broad SMARTS) is 1. The van der Waals surface area contributed by atoms with Gasteiger partial charge in [-0.3, -0.25) is 9.69 Å². The molecule has 21 heavy (non-hydrogen) atoms. The summed E-state index contributed by atoms with van der Waals surface area (Å²) >= 11 is 0. The van der Waals surface area contributed by atoms with Crippen molar-refractivity contribution in [3.8, 4) is 0 Å². The molecular formula is C14H20N2O5. The molecule has 1 aliphatic rings. The van der Waals surface area contributed by atoms with Gasteiger partial charge in [0.25, 0.3) is 0 Å². The minimum atomic E-state index is -0.994. The third-order valence-electron chi connectivity index (χ3n) is 3.40. The van der Waals surface area contributed by atoms with Crippen LogP contribution in [0.4, 0.5) is 0 Å². The summed E-state index contributed by atoms with van der Waals surface area (Å²) in [6.07, 6.45) is -0.857. The number of nitrogens with zero attached hydrogens (tertiary/aromatic N) is 2. The Morgan fingerprint density at radius 2 is 2.24 bits per heavy atom. The summed E-state index contributed by atoms with van der Waals surface area (Å²) in [6.45, 7) is 3.55. The van der Waals surface area contributed by atoms with E-state index in [0.717, 1.165) is 11.5 Å². The highest BCUT2D eigenvalue weighted by Crippen LogP contribution is 2.10. The number of ether oxygens (including phenoxy) is 1. The summed E-state index contributed by atoms with van der Waals surface area (Å²) in [5.74, 6) is 0.471. The lowest BCUT2D eigenvalue weighted by molar-refractivity contribution is -0.157. The van der Waals surface area contributed by atoms with Crippen molar-refractivity contribution in [3.05, 3.63) is 23.7 Å². The number of rotatable bonds is 5. The Balaban J connectivity index is 1.84. The van der Waals surface area contributed by atoms with Crippen LogP contribution in [0.2, 0.25) is 0 Å². The van der Waals surface area contributed by atoms with Crippen LogP contribution in [-0.4, -0.2) is 66.2 Å². The molecule has 1 amide bonds. The Hall–Kier alpha value is -1.86. The quantitative estimate of drug-likeness (QED) is 0.843. The first kappa shape index (κ1) is 15.5. The molecule has 2 heterocycles. The Morgan fingerprint density at radius 1 is 1.48 bits per heavy atom. The minimum absolute atomic E-state index is 0.0740. The maximum Gasteiger partial charge on any atom is 0.334 e. The van der Waals surface area contributed by atoms with Crippen molar-refractivity contribution in [2.24, 2.45) is 0 Å². The molecule has 1 aromatic rings. The molecule has 1 unspecified atom stereocenters. The summed E-state index contributed by atoms with van der Waals surface area (Å²) in [5.41, 5.74) is 0. The van der Waals surface area contributed by atoms with E-state index in [1.165, 1.54) is 0 Å². The van der Waals surface area contributed by atoms with Crippen LogP contribution in [0.25, 0.3) is 0 Å². The molecule has 0 radical (unpaired) electrons. The zero-order valence-corrected chi connectivity index (χ0v) is 12.2. The topological polar surface area (TPSA) is 83.2 Å². The first-order valence-electron chi connectivity index (χ1n) is 6.81. The van der Waals surface area contributed by atoms with Gasteiger partial charge in [0.2, 0.25) is 5.91 Å². The van der Waals surface area contributed by atoms with Gasteiger partial charge >= 0.3 is 5.97 Å². The number of amides is 1. The number of aliphatic carboxylic acids is 1. The molecule has 0 aromatic carbocycles. The molecule has 1 N–H and O–H groups in total. The van der Waals surface area contributed by atoms with Gasteiger partial charge in [0.15, 0.2) is 6.10 Å². The van der Waals surface area contributed by atoms with Gasteiger partial charge in [-0.25, -0.2) is 4.79 Å². The fourth-order valence-electron chi connectivity index (χ4n) is 2.20. The lowest BCUT2D eigenvalue weighted by Gasteiger charge is -2.31. The molecular weight excluding hydrogens is 276 g/mol. The fraction of sp³-hybridized carbons (Fsp3) is 0.571. The van der Waals surface area contributed by atoms with E-state index in [-0.39, 0.29) is 19.0 Å². The van der Waals surface area contributed by atoms with Crippen LogP contribution >= 0.6 is 0 Å². The molecule has 7 heteroatoms. The Morgan fingerprint density at radius 3 is 2.86 bits per heavy atom. The number of aryl methyl sites for hydroxylation is 1. The zero-order chi connectivity index (χ0) is 15.4. The third-order valence-corrected chi connectivity index (χ3v) is 3.40. The largest absolute Gasteiger partial charge is 0.479 e. The van der Waals surface area contributed by atoms with E-state index in [0.29, 0.717) is 19.7 Å². The van der Waals surface area contributed by atoms with E-state index in [9.17, 15) is 9.59 Å². The van der Waals surface area contributed by atoms with Crippen molar-refractivity contribution in [2.45, 2.75) is 19.6 Å². The number of furan rings is 1. The first-order valence-corrected chi connectivity index (χ1v) is 6.81. The molecule has 1 aromatic heterocycles. The molecule has 1 aliphatic heterocycles. The molecule has 2 rings (SSSR count). The van der Waals surface area contributed by atoms with Gasteiger partial charge in [-0.2, -0.15) is 0 Å². The molecule has 0 spiro atoms. The maximum absolute atomic E-state index is 12.2. The van der Waals surface area contributed by atoms with Crippen LogP contribution in [-0.2, 0) is 20.9 Å². The van der Waals surface area contributed by atoms with E-state index in [4.69, 9.17) is 14.3 Å². The molecule has 1 fully saturated rings. The van der Waals surface area contributed by atoms with Crippen LogP contribution < -0.4 is 0 Å². The van der Waals surface area contributed by atoms with Gasteiger partial charge in [0, 0.05) is 20.1 Å². The van der Waals surface area contributed by atoms with E-state index in [1.807, 2.05) is 19.1 Å². The molecule has 116 valence electrons. The summed E-state index contributed by atoms with van der Waals surface area (Å²) in [4.78, 5) is 26.4. The van der Waals surface area contributed by atoms with Crippen molar-refractivity contribution in [3.63, 3.8) is 0 Å². The van der Waals surface area contributed by atoms with Gasteiger partial charge in [-0.1, -0.05) is 0 Å². The van der Waals surface area contributed by atoms with Crippen LogP contribution in [0, 0.1) is 6.92 Å². The van der Waals surface area contributed by atoms with Crippen molar-refractivity contribution in [2.75, 3.05) is 33.3 Å². The standard InChI is InChI=1S/C14H20N2O5/c1-10-3-4-11(21-10)7-15(2)13(17)9-16-5-6-20-12(8-16)14(18)19/h3-4,12H,5-9H2,1-2H3,(H,18,19). The van der Waals surface area contributed by atoms with Crippen molar-refractivity contribution in [1.29, 1.82) is 0 Å². The van der Waals surface area contributed by atoms with Gasteiger partial charge in [-0.05, 0) is 19.1 Å². The minimum Gasteiger partial charge on any atom is -0.479 e. The van der Waals surface area contributed by atoms with E-state index >= 15 is 0 Å². The summed E-state index contributed by atoms with van der Waals surface area (Å²) in [7, 11) is 1.70. The molecule has 1 atom stereocenters. The van der Waals surface area contributed by atoms with Crippen LogP contribution in [0.15, 0.2) is 16.5 Å². The van der Waals surface area contributed by atoms with E-state index < -0.39 is 12.1 Å². The molecule has 0 saturated carbocycles. The Kier molecular flexibility index (Phi) is 4.98. The average molecular weight is 296 g/mol. The number of carboxylic acids is 1. The highest BCUT2D eigenvalue weighted by molar-refractivity contribution is 5.78. The average Bonchev–Trinajstić information content (AvgIpc) is 2.84. The van der Waals surface area contributed by atoms with E-state index in [1.54, 1.807) is 16.8 Å². The van der Waals surface area contributed by atoms with Gasteiger partial charge in [0.1, 0.15) is 11.5 Å². The summed E-state index contributed by atoms with van der Waals surface area (Å²) < 4.78 is 10.6. The smallest absolute Gasteiger partial charge is 0.334 e. The highest BCUT2D eigenvalue weighted by atomic mass is 16.5. The monoisotopic (exact) mass is 296 g/mol. The molecule has 0 aliphatic carbocycles. The van der Waals surface area contributed by atoms with Gasteiger partial charge < -0.3 is 19.2 Å². The highest BCUT2D eigenvalue weighted by Gasteiger charge is 2.27. The van der Waals surface area contributed by atoms with Crippen LogP contribution in [0.5, 0.6) is 0 Å². The van der Waals surface area contributed by atoms with Crippen molar-refractivity contribution >= 4 is 11.9 Å². The second kappa shape index (κ2) is 6.73. The second-order valence-electron chi connectivity index (χ2n) is 5.19. The number of hydrogen-bond acceptors (Lipinski definition) is 5. The third kappa shape index (κ3) is 4.30. The van der Waals surface area contributed by atoms with Crippen molar-refractivity contribution < 1.29 is 23.8 Å². The second-order valence-corrected chi connectivity index (χ2v) is 5.19. The number of hydrogen-bond donors (Lipinski definition) is 1. The summed E-state index contributed by atoms with van der Waals surface area (Å²) in [5, 5.41) is 8.94. The van der Waals surface area contributed by atoms with Gasteiger partial charge in [0.05, 0.1) is 19.7 Å². The SMILES string of the molecule is Cc1ccc(CN(C)C(=O)CN2CCOC(C(=O)O)C2)o1.